The van der Waals surface area contributed by atoms with Crippen LogP contribution in [0.3, 0.4) is 0 Å². The van der Waals surface area contributed by atoms with E-state index in [9.17, 15) is 0 Å². The van der Waals surface area contributed by atoms with Gasteiger partial charge in [-0.3, -0.25) is 4.90 Å². The number of halogens is 1. The molecular weight excluding hydrogens is 386 g/mol. The molecule has 3 aromatic heterocycles. The minimum Gasteiger partial charge on any atom is -0.460 e. The number of hydrogen-bond donors (Lipinski definition) is 0. The lowest BCUT2D eigenvalue weighted by atomic mass is 10.1. The highest BCUT2D eigenvalue weighted by Crippen LogP contribution is 2.26. The third-order valence-corrected chi connectivity index (χ3v) is 5.25. The van der Waals surface area contributed by atoms with Gasteiger partial charge in [-0.2, -0.15) is 0 Å². The third kappa shape index (κ3) is 3.90. The van der Waals surface area contributed by atoms with Gasteiger partial charge in [0, 0.05) is 54.3 Å². The molecule has 0 amide bonds. The summed E-state index contributed by atoms with van der Waals surface area (Å²) in [4.78, 5) is 19.7. The van der Waals surface area contributed by atoms with Crippen LogP contribution in [0.25, 0.3) is 22.7 Å². The molecule has 0 N–H and O–H groups in total. The topological polar surface area (TPSA) is 67.9 Å². The van der Waals surface area contributed by atoms with Crippen molar-refractivity contribution in [1.29, 1.82) is 0 Å². The van der Waals surface area contributed by atoms with E-state index in [-0.39, 0.29) is 0 Å². The van der Waals surface area contributed by atoms with Gasteiger partial charge in [-0.05, 0) is 36.4 Å². The molecule has 4 aromatic rings. The van der Waals surface area contributed by atoms with E-state index in [1.807, 2.05) is 42.6 Å². The van der Waals surface area contributed by atoms with Crippen LogP contribution in [0.15, 0.2) is 65.7 Å². The van der Waals surface area contributed by atoms with Crippen LogP contribution in [0.1, 0.15) is 17.0 Å². The Morgan fingerprint density at radius 1 is 0.966 bits per heavy atom. The van der Waals surface area contributed by atoms with E-state index in [1.54, 1.807) is 12.4 Å². The lowest BCUT2D eigenvalue weighted by Gasteiger charge is -2.27. The van der Waals surface area contributed by atoms with Gasteiger partial charge in [-0.1, -0.05) is 11.6 Å². The monoisotopic (exact) mass is 403 g/mol. The van der Waals surface area contributed by atoms with Crippen LogP contribution in [0, 0.1) is 0 Å². The summed E-state index contributed by atoms with van der Waals surface area (Å²) in [7, 11) is 0. The lowest BCUT2D eigenvalue weighted by molar-refractivity contribution is 0.224. The van der Waals surface area contributed by atoms with E-state index >= 15 is 0 Å². The van der Waals surface area contributed by atoms with Crippen molar-refractivity contribution in [3.05, 3.63) is 83.4 Å². The fourth-order valence-electron chi connectivity index (χ4n) is 3.52. The molecule has 0 bridgehead atoms. The fourth-order valence-corrected chi connectivity index (χ4v) is 3.64. The molecule has 0 fully saturated rings. The molecule has 144 valence electrons. The van der Waals surface area contributed by atoms with Crippen molar-refractivity contribution in [1.82, 2.24) is 24.8 Å². The highest BCUT2D eigenvalue weighted by Gasteiger charge is 2.20. The molecule has 1 aliphatic heterocycles. The van der Waals surface area contributed by atoms with Crippen molar-refractivity contribution in [2.75, 3.05) is 6.54 Å². The Bertz CT molecular complexity index is 1130. The Labute approximate surface area is 173 Å². The van der Waals surface area contributed by atoms with Crippen LogP contribution in [-0.4, -0.2) is 31.4 Å². The number of nitrogens with zero attached hydrogens (tertiary/aromatic N) is 5. The average molecular weight is 404 g/mol. The molecule has 0 radical (unpaired) electrons. The van der Waals surface area contributed by atoms with E-state index in [2.05, 4.69) is 19.9 Å². The van der Waals surface area contributed by atoms with E-state index < -0.39 is 0 Å². The van der Waals surface area contributed by atoms with Crippen LogP contribution in [0.2, 0.25) is 5.02 Å². The SMILES string of the molecule is Clc1ccc(-c2ccc(CN3CCc4nc(-c5cncnc5)ncc4C3)o2)cc1. The second kappa shape index (κ2) is 7.73. The molecule has 1 aliphatic rings. The second-order valence-corrected chi connectivity index (χ2v) is 7.46. The second-order valence-electron chi connectivity index (χ2n) is 7.03. The van der Waals surface area contributed by atoms with E-state index in [4.69, 9.17) is 21.0 Å². The maximum Gasteiger partial charge on any atom is 0.162 e. The number of rotatable bonds is 4. The number of hydrogen-bond acceptors (Lipinski definition) is 6. The molecule has 6 nitrogen and oxygen atoms in total. The standard InChI is InChI=1S/C22H18ClN5O/c23-18-3-1-15(2-4-18)21-6-5-19(29-21)13-28-8-7-20-17(12-28)11-26-22(27-20)16-9-24-14-25-10-16/h1-6,9-11,14H,7-8,12-13H2. The van der Waals surface area contributed by atoms with Gasteiger partial charge >= 0.3 is 0 Å². The van der Waals surface area contributed by atoms with Gasteiger partial charge in [-0.15, -0.1) is 0 Å². The summed E-state index contributed by atoms with van der Waals surface area (Å²) in [5.41, 5.74) is 4.11. The quantitative estimate of drug-likeness (QED) is 0.503. The Kier molecular flexibility index (Phi) is 4.79. The highest BCUT2D eigenvalue weighted by molar-refractivity contribution is 6.30. The predicted octanol–water partition coefficient (Wildman–Crippen LogP) is 4.41. The molecule has 7 heteroatoms. The molecule has 0 spiro atoms. The van der Waals surface area contributed by atoms with Crippen molar-refractivity contribution < 1.29 is 4.42 Å². The third-order valence-electron chi connectivity index (χ3n) is 5.00. The van der Waals surface area contributed by atoms with E-state index in [0.717, 1.165) is 65.0 Å². The predicted molar refractivity (Wildman–Crippen MR) is 110 cm³/mol. The van der Waals surface area contributed by atoms with E-state index in [1.165, 1.54) is 6.33 Å². The average Bonchev–Trinajstić information content (AvgIpc) is 3.23. The number of aromatic nitrogens is 4. The minimum atomic E-state index is 0.677. The summed E-state index contributed by atoms with van der Waals surface area (Å²) in [6, 6.07) is 11.7. The normalized spacial score (nSPS) is 14.0. The highest BCUT2D eigenvalue weighted by atomic mass is 35.5. The molecular formula is C22H18ClN5O. The summed E-state index contributed by atoms with van der Waals surface area (Å²) in [5.74, 6) is 2.47. The first-order valence-electron chi connectivity index (χ1n) is 9.42. The largest absolute Gasteiger partial charge is 0.460 e. The van der Waals surface area contributed by atoms with Crippen LogP contribution in [0.5, 0.6) is 0 Å². The molecule has 1 aromatic carbocycles. The summed E-state index contributed by atoms with van der Waals surface area (Å²) in [5, 5.41) is 0.720. The molecule has 29 heavy (non-hydrogen) atoms. The van der Waals surface area contributed by atoms with Gasteiger partial charge in [0.15, 0.2) is 5.82 Å². The summed E-state index contributed by atoms with van der Waals surface area (Å²) in [6.07, 6.45) is 7.77. The van der Waals surface area contributed by atoms with Gasteiger partial charge in [0.2, 0.25) is 0 Å². The van der Waals surface area contributed by atoms with Crippen LogP contribution in [-0.2, 0) is 19.5 Å². The molecule has 0 aliphatic carbocycles. The minimum absolute atomic E-state index is 0.677. The fraction of sp³-hybridized carbons (Fsp3) is 0.182. The van der Waals surface area contributed by atoms with Crippen LogP contribution >= 0.6 is 11.6 Å². The summed E-state index contributed by atoms with van der Waals surface area (Å²) in [6.45, 7) is 2.48. The van der Waals surface area contributed by atoms with Gasteiger partial charge in [-0.25, -0.2) is 19.9 Å². The van der Waals surface area contributed by atoms with Gasteiger partial charge in [0.05, 0.1) is 17.8 Å². The van der Waals surface area contributed by atoms with Crippen molar-refractivity contribution in [2.24, 2.45) is 0 Å². The van der Waals surface area contributed by atoms with Gasteiger partial charge < -0.3 is 4.42 Å². The Morgan fingerprint density at radius 3 is 2.62 bits per heavy atom. The molecule has 4 heterocycles. The Morgan fingerprint density at radius 2 is 1.79 bits per heavy atom. The van der Waals surface area contributed by atoms with Crippen LogP contribution in [0.4, 0.5) is 0 Å². The smallest absolute Gasteiger partial charge is 0.162 e. The molecule has 0 unspecified atom stereocenters. The molecule has 0 saturated heterocycles. The van der Waals surface area contributed by atoms with Crippen molar-refractivity contribution in [3.63, 3.8) is 0 Å². The maximum absolute atomic E-state index is 6.05. The van der Waals surface area contributed by atoms with Crippen molar-refractivity contribution >= 4 is 11.6 Å². The van der Waals surface area contributed by atoms with Crippen LogP contribution < -0.4 is 0 Å². The summed E-state index contributed by atoms with van der Waals surface area (Å²) >= 11 is 5.97. The lowest BCUT2D eigenvalue weighted by Crippen LogP contribution is -2.30. The van der Waals surface area contributed by atoms with Gasteiger partial charge in [0.25, 0.3) is 0 Å². The number of benzene rings is 1. The zero-order chi connectivity index (χ0) is 19.6. The van der Waals surface area contributed by atoms with Crippen molar-refractivity contribution in [3.8, 4) is 22.7 Å². The zero-order valence-electron chi connectivity index (χ0n) is 15.6. The zero-order valence-corrected chi connectivity index (χ0v) is 16.4. The number of furan rings is 1. The van der Waals surface area contributed by atoms with Crippen molar-refractivity contribution in [2.45, 2.75) is 19.5 Å². The molecule has 0 saturated carbocycles. The first kappa shape index (κ1) is 18.0. The first-order chi connectivity index (χ1) is 14.2. The van der Waals surface area contributed by atoms with E-state index in [0.29, 0.717) is 5.82 Å². The Balaban J connectivity index is 1.29. The summed E-state index contributed by atoms with van der Waals surface area (Å²) < 4.78 is 6.05. The number of fused-ring (bicyclic) bond motifs is 1. The Hall–Kier alpha value is -3.09. The van der Waals surface area contributed by atoms with Gasteiger partial charge in [0.1, 0.15) is 17.8 Å². The molecule has 0 atom stereocenters. The maximum atomic E-state index is 6.05. The molecule has 5 rings (SSSR count). The first-order valence-corrected chi connectivity index (χ1v) is 9.79.